The lowest BCUT2D eigenvalue weighted by atomic mass is 10.2. The van der Waals surface area contributed by atoms with Crippen LogP contribution in [0.4, 0.5) is 16.4 Å². The number of carbonyl (C=O) groups is 3. The van der Waals surface area contributed by atoms with Crippen LogP contribution in [-0.4, -0.2) is 70.2 Å². The molecular formula is C26H37ClN9O5+. The molecule has 15 heteroatoms. The minimum atomic E-state index is -0.600. The molecule has 2 aromatic heterocycles. The van der Waals surface area contributed by atoms with Gasteiger partial charge in [0.25, 0.3) is 17.6 Å². The van der Waals surface area contributed by atoms with Gasteiger partial charge in [0.15, 0.2) is 40.1 Å². The largest absolute Gasteiger partial charge is 0.492 e. The van der Waals surface area contributed by atoms with E-state index >= 15 is 0 Å². The van der Waals surface area contributed by atoms with Crippen LogP contribution < -0.4 is 31.4 Å². The average Bonchev–Trinajstić information content (AvgIpc) is 3.17. The Balaban J connectivity index is 1.87. The number of nitrogens with one attached hydrogen (secondary N) is 2. The van der Waals surface area contributed by atoms with Gasteiger partial charge in [0, 0.05) is 20.2 Å². The smallest absolute Gasteiger partial charge is 0.407 e. The summed E-state index contributed by atoms with van der Waals surface area (Å²) in [5, 5.41) is 5.32. The van der Waals surface area contributed by atoms with Gasteiger partial charge in [-0.25, -0.2) is 23.9 Å². The van der Waals surface area contributed by atoms with Gasteiger partial charge in [-0.3, -0.25) is 9.59 Å². The van der Waals surface area contributed by atoms with Crippen molar-refractivity contribution in [2.24, 2.45) is 0 Å². The van der Waals surface area contributed by atoms with Gasteiger partial charge in [-0.05, 0) is 39.8 Å². The van der Waals surface area contributed by atoms with Crippen LogP contribution in [0.2, 0.25) is 5.15 Å². The van der Waals surface area contributed by atoms with Crippen molar-refractivity contribution in [1.29, 1.82) is 0 Å². The first-order valence-corrected chi connectivity index (χ1v) is 13.3. The SMILES string of the molecule is CCn1c(CNC(=O)c2nc(Cl)c(N)nc2N)[n+](CC(=O)N(C)C)c2ccc(OCCNC(=O)OC(C)(C)C)cc21. The van der Waals surface area contributed by atoms with Gasteiger partial charge >= 0.3 is 6.09 Å². The number of nitrogen functional groups attached to an aromatic ring is 2. The molecule has 0 saturated heterocycles. The number of hydrogen-bond acceptors (Lipinski definition) is 9. The van der Waals surface area contributed by atoms with Crippen LogP contribution in [0.15, 0.2) is 18.2 Å². The lowest BCUT2D eigenvalue weighted by molar-refractivity contribution is -0.668. The summed E-state index contributed by atoms with van der Waals surface area (Å²) in [5.41, 5.74) is 12.3. The van der Waals surface area contributed by atoms with E-state index in [1.54, 1.807) is 40.9 Å². The number of carbonyl (C=O) groups excluding carboxylic acids is 3. The molecule has 0 saturated carbocycles. The van der Waals surface area contributed by atoms with Gasteiger partial charge < -0.3 is 36.5 Å². The third-order valence-electron chi connectivity index (χ3n) is 5.83. The molecule has 2 heterocycles. The Hall–Kier alpha value is -4.33. The Morgan fingerprint density at radius 1 is 1.12 bits per heavy atom. The van der Waals surface area contributed by atoms with Crippen molar-refractivity contribution in [2.45, 2.75) is 52.9 Å². The van der Waals surface area contributed by atoms with E-state index in [0.29, 0.717) is 18.1 Å². The molecule has 0 atom stereocenters. The van der Waals surface area contributed by atoms with Gasteiger partial charge in [0.2, 0.25) is 0 Å². The summed E-state index contributed by atoms with van der Waals surface area (Å²) in [6.07, 6.45) is -0.524. The third kappa shape index (κ3) is 7.87. The number of ether oxygens (including phenoxy) is 2. The Labute approximate surface area is 242 Å². The Kier molecular flexibility index (Phi) is 9.81. The predicted octanol–water partition coefficient (Wildman–Crippen LogP) is 1.48. The maximum absolute atomic E-state index is 12.9. The fraction of sp³-hybridized carbons (Fsp3) is 0.462. The van der Waals surface area contributed by atoms with Crippen LogP contribution in [0.1, 0.15) is 44.0 Å². The summed E-state index contributed by atoms with van der Waals surface area (Å²) in [5.74, 6) is 0.257. The van der Waals surface area contributed by atoms with E-state index < -0.39 is 17.6 Å². The van der Waals surface area contributed by atoms with Gasteiger partial charge in [0.05, 0.1) is 13.1 Å². The van der Waals surface area contributed by atoms with E-state index in [2.05, 4.69) is 20.6 Å². The quantitative estimate of drug-likeness (QED) is 0.200. The molecule has 41 heavy (non-hydrogen) atoms. The number of aryl methyl sites for hydroxylation is 1. The highest BCUT2D eigenvalue weighted by Crippen LogP contribution is 2.22. The highest BCUT2D eigenvalue weighted by Gasteiger charge is 2.28. The number of benzene rings is 1. The molecule has 3 aromatic rings. The predicted molar refractivity (Wildman–Crippen MR) is 153 cm³/mol. The van der Waals surface area contributed by atoms with Crippen molar-refractivity contribution in [1.82, 2.24) is 30.1 Å². The normalized spacial score (nSPS) is 11.3. The topological polar surface area (TPSA) is 184 Å². The summed E-state index contributed by atoms with van der Waals surface area (Å²) in [7, 11) is 3.35. The first kappa shape index (κ1) is 31.2. The second-order valence-corrected chi connectivity index (χ2v) is 10.6. The minimum absolute atomic E-state index is 0.0390. The molecule has 6 N–H and O–H groups in total. The molecule has 14 nitrogen and oxygen atoms in total. The number of nitrogens with zero attached hydrogens (tertiary/aromatic N) is 5. The van der Waals surface area contributed by atoms with Crippen molar-refractivity contribution in [3.63, 3.8) is 0 Å². The van der Waals surface area contributed by atoms with E-state index in [4.69, 9.17) is 32.5 Å². The van der Waals surface area contributed by atoms with E-state index in [-0.39, 0.29) is 54.6 Å². The maximum atomic E-state index is 12.9. The molecule has 0 aliphatic rings. The lowest BCUT2D eigenvalue weighted by Gasteiger charge is -2.19. The molecule has 0 bridgehead atoms. The fourth-order valence-corrected chi connectivity index (χ4v) is 4.07. The molecule has 1 aromatic carbocycles. The molecule has 0 aliphatic heterocycles. The van der Waals surface area contributed by atoms with E-state index in [0.717, 1.165) is 11.0 Å². The van der Waals surface area contributed by atoms with Crippen LogP contribution in [0.3, 0.4) is 0 Å². The van der Waals surface area contributed by atoms with E-state index in [1.807, 2.05) is 28.2 Å². The number of anilines is 2. The first-order chi connectivity index (χ1) is 19.2. The Morgan fingerprint density at radius 2 is 1.83 bits per heavy atom. The third-order valence-corrected chi connectivity index (χ3v) is 6.10. The van der Waals surface area contributed by atoms with Crippen LogP contribution in [-0.2, 0) is 29.2 Å². The second-order valence-electron chi connectivity index (χ2n) is 10.3. The van der Waals surface area contributed by atoms with Crippen molar-refractivity contribution in [3.05, 3.63) is 34.9 Å². The molecular weight excluding hydrogens is 554 g/mol. The summed E-state index contributed by atoms with van der Waals surface area (Å²) < 4.78 is 14.9. The highest BCUT2D eigenvalue weighted by atomic mass is 35.5. The molecule has 0 spiro atoms. The molecule has 3 amide bonds. The molecule has 0 fully saturated rings. The molecule has 222 valence electrons. The van der Waals surface area contributed by atoms with Gasteiger partial charge in [-0.15, -0.1) is 0 Å². The number of rotatable bonds is 10. The highest BCUT2D eigenvalue weighted by molar-refractivity contribution is 6.31. The number of likely N-dealkylation sites (N-methyl/N-ethyl adjacent to an activating group) is 1. The number of alkyl carbamates (subject to hydrolysis) is 1. The summed E-state index contributed by atoms with van der Waals surface area (Å²) in [6.45, 7) is 8.39. The number of nitrogens with two attached hydrogens (primary N) is 2. The number of aromatic nitrogens is 4. The Bertz CT molecular complexity index is 1450. The molecule has 3 rings (SSSR count). The monoisotopic (exact) mass is 590 g/mol. The fourth-order valence-electron chi connectivity index (χ4n) is 3.95. The summed E-state index contributed by atoms with van der Waals surface area (Å²) in [4.78, 5) is 46.9. The number of amides is 3. The molecule has 0 aliphatic carbocycles. The van der Waals surface area contributed by atoms with Crippen LogP contribution >= 0.6 is 11.6 Å². The summed E-state index contributed by atoms with van der Waals surface area (Å²) >= 11 is 5.94. The zero-order chi connectivity index (χ0) is 30.5. The second kappa shape index (κ2) is 12.9. The van der Waals surface area contributed by atoms with Crippen LogP contribution in [0.25, 0.3) is 11.0 Å². The van der Waals surface area contributed by atoms with Crippen molar-refractivity contribution >= 4 is 52.2 Å². The van der Waals surface area contributed by atoms with Crippen LogP contribution in [0.5, 0.6) is 5.75 Å². The van der Waals surface area contributed by atoms with Gasteiger partial charge in [0.1, 0.15) is 24.5 Å². The molecule has 0 unspecified atom stereocenters. The average molecular weight is 591 g/mol. The number of fused-ring (bicyclic) bond motifs is 1. The number of halogens is 1. The van der Waals surface area contributed by atoms with Crippen molar-refractivity contribution in [3.8, 4) is 5.75 Å². The number of imidazole rings is 1. The maximum Gasteiger partial charge on any atom is 0.407 e. The lowest BCUT2D eigenvalue weighted by Crippen LogP contribution is -2.46. The Morgan fingerprint density at radius 3 is 2.46 bits per heavy atom. The zero-order valence-electron chi connectivity index (χ0n) is 24.1. The molecule has 0 radical (unpaired) electrons. The van der Waals surface area contributed by atoms with Crippen LogP contribution in [0, 0.1) is 0 Å². The van der Waals surface area contributed by atoms with Crippen molar-refractivity contribution in [2.75, 3.05) is 38.7 Å². The van der Waals surface area contributed by atoms with E-state index in [9.17, 15) is 14.4 Å². The summed E-state index contributed by atoms with van der Waals surface area (Å²) in [6, 6.07) is 5.47. The zero-order valence-corrected chi connectivity index (χ0v) is 24.8. The van der Waals surface area contributed by atoms with Gasteiger partial charge in [-0.1, -0.05) is 11.6 Å². The van der Waals surface area contributed by atoms with E-state index in [1.165, 1.54) is 4.90 Å². The minimum Gasteiger partial charge on any atom is -0.492 e. The first-order valence-electron chi connectivity index (χ1n) is 12.9. The standard InChI is InChI=1S/C26H36ClN9O5/c1-7-35-17-12-15(40-11-10-30-25(39)41-26(2,3)4)8-9-16(17)36(14-19(37)34(5)6)18(35)13-31-24(38)20-22(28)33-23(29)21(27)32-20/h8-9,12H,7,10-11,13-14H2,1-6H3,(H5-,28,29,30,31,33,38,39)/p+1. The van der Waals surface area contributed by atoms with Gasteiger partial charge in [-0.2, -0.15) is 0 Å². The van der Waals surface area contributed by atoms with Crippen molar-refractivity contribution < 1.29 is 28.4 Å². The number of hydrogen-bond donors (Lipinski definition) is 4.